The summed E-state index contributed by atoms with van der Waals surface area (Å²) in [5.74, 6) is 2.02. The Labute approximate surface area is 87.5 Å². The predicted molar refractivity (Wildman–Crippen MR) is 60.9 cm³/mol. The fourth-order valence-corrected chi connectivity index (χ4v) is 2.65. The largest absolute Gasteiger partial charge is 0.292 e. The minimum atomic E-state index is 0.274. The van der Waals surface area contributed by atoms with E-state index in [-0.39, 0.29) is 5.78 Å². The van der Waals surface area contributed by atoms with Gasteiger partial charge in [0.2, 0.25) is 0 Å². The Morgan fingerprint density at radius 2 is 2.46 bits per heavy atom. The van der Waals surface area contributed by atoms with Crippen LogP contribution in [0.25, 0.3) is 0 Å². The predicted octanol–water partition coefficient (Wildman–Crippen LogP) is 3.46. The first-order chi connectivity index (χ1) is 6.34. The lowest BCUT2D eigenvalue weighted by atomic mass is 10.4. The van der Waals surface area contributed by atoms with Crippen LogP contribution in [-0.2, 0) is 0 Å². The minimum Gasteiger partial charge on any atom is -0.292 e. The Morgan fingerprint density at radius 1 is 1.62 bits per heavy atom. The summed E-state index contributed by atoms with van der Waals surface area (Å²) >= 11 is 3.27. The summed E-state index contributed by atoms with van der Waals surface area (Å²) in [4.78, 5) is 12.4. The topological polar surface area (TPSA) is 17.1 Å². The molecule has 0 fully saturated rings. The first-order valence-electron chi connectivity index (χ1n) is 4.49. The molecule has 13 heavy (non-hydrogen) atoms. The van der Waals surface area contributed by atoms with Crippen LogP contribution < -0.4 is 0 Å². The molecule has 0 spiro atoms. The number of hydrogen-bond acceptors (Lipinski definition) is 3. The zero-order chi connectivity index (χ0) is 9.52. The lowest BCUT2D eigenvalue weighted by Crippen LogP contribution is -1.99. The van der Waals surface area contributed by atoms with E-state index >= 15 is 0 Å². The molecule has 72 valence electrons. The molecule has 1 heterocycles. The van der Waals surface area contributed by atoms with Gasteiger partial charge in [0.25, 0.3) is 0 Å². The average molecular weight is 214 g/mol. The standard InChI is InChI=1S/C10H14OS2/c1-2-3-6-12-8-9(11)10-5-4-7-13-10/h4-5,7H,2-3,6,8H2,1H3. The van der Waals surface area contributed by atoms with Gasteiger partial charge in [-0.15, -0.1) is 11.3 Å². The van der Waals surface area contributed by atoms with E-state index in [1.165, 1.54) is 24.2 Å². The third-order valence-electron chi connectivity index (χ3n) is 1.67. The van der Waals surface area contributed by atoms with Crippen LogP contribution in [-0.4, -0.2) is 17.3 Å². The molecule has 0 aliphatic carbocycles. The Kier molecular flexibility index (Phi) is 5.16. The van der Waals surface area contributed by atoms with Crippen molar-refractivity contribution in [2.24, 2.45) is 0 Å². The molecule has 0 bridgehead atoms. The summed E-state index contributed by atoms with van der Waals surface area (Å²) in [7, 11) is 0. The number of carbonyl (C=O) groups excluding carboxylic acids is 1. The van der Waals surface area contributed by atoms with E-state index in [1.54, 1.807) is 11.8 Å². The number of unbranched alkanes of at least 4 members (excludes halogenated alkanes) is 1. The molecule has 3 heteroatoms. The van der Waals surface area contributed by atoms with Crippen molar-refractivity contribution in [3.8, 4) is 0 Å². The zero-order valence-corrected chi connectivity index (χ0v) is 9.42. The van der Waals surface area contributed by atoms with Crippen LogP contribution in [0.2, 0.25) is 0 Å². The fraction of sp³-hybridized carbons (Fsp3) is 0.500. The van der Waals surface area contributed by atoms with Crippen LogP contribution >= 0.6 is 23.1 Å². The second kappa shape index (κ2) is 6.22. The summed E-state index contributed by atoms with van der Waals surface area (Å²) in [6.45, 7) is 2.17. The fourth-order valence-electron chi connectivity index (χ4n) is 0.920. The molecule has 0 N–H and O–H groups in total. The second-order valence-electron chi connectivity index (χ2n) is 2.81. The van der Waals surface area contributed by atoms with Crippen LogP contribution in [0.15, 0.2) is 17.5 Å². The number of hydrogen-bond donors (Lipinski definition) is 0. The third kappa shape index (κ3) is 3.96. The first kappa shape index (κ1) is 10.8. The smallest absolute Gasteiger partial charge is 0.182 e. The van der Waals surface area contributed by atoms with E-state index in [4.69, 9.17) is 0 Å². The van der Waals surface area contributed by atoms with Crippen LogP contribution in [0.5, 0.6) is 0 Å². The summed E-state index contributed by atoms with van der Waals surface area (Å²) in [6, 6.07) is 3.82. The number of rotatable bonds is 6. The molecule has 0 aliphatic heterocycles. The van der Waals surface area contributed by atoms with E-state index in [2.05, 4.69) is 6.92 Å². The lowest BCUT2D eigenvalue weighted by molar-refractivity contribution is 0.102. The summed E-state index contributed by atoms with van der Waals surface area (Å²) in [5.41, 5.74) is 0. The van der Waals surface area contributed by atoms with E-state index in [9.17, 15) is 4.79 Å². The van der Waals surface area contributed by atoms with Crippen molar-refractivity contribution in [2.45, 2.75) is 19.8 Å². The SMILES string of the molecule is CCCCSCC(=O)c1cccs1. The molecule has 0 saturated carbocycles. The van der Waals surface area contributed by atoms with Crippen LogP contribution in [0, 0.1) is 0 Å². The maximum absolute atomic E-state index is 11.5. The van der Waals surface area contributed by atoms with Crippen LogP contribution in [0.1, 0.15) is 29.4 Å². The number of thioether (sulfide) groups is 1. The molecule has 0 atom stereocenters. The second-order valence-corrected chi connectivity index (χ2v) is 4.86. The summed E-state index contributed by atoms with van der Waals surface area (Å²) in [5, 5.41) is 1.95. The number of ketones is 1. The van der Waals surface area contributed by atoms with Gasteiger partial charge in [-0.25, -0.2) is 0 Å². The quantitative estimate of drug-likeness (QED) is 0.533. The van der Waals surface area contributed by atoms with Crippen LogP contribution in [0.4, 0.5) is 0 Å². The van der Waals surface area contributed by atoms with Gasteiger partial charge < -0.3 is 0 Å². The average Bonchev–Trinajstić information content (AvgIpc) is 2.65. The van der Waals surface area contributed by atoms with E-state index in [1.807, 2.05) is 17.5 Å². The molecule has 0 saturated heterocycles. The Morgan fingerprint density at radius 3 is 3.08 bits per heavy atom. The van der Waals surface area contributed by atoms with Gasteiger partial charge in [0.1, 0.15) is 0 Å². The molecule has 0 unspecified atom stereocenters. The molecule has 0 aromatic carbocycles. The van der Waals surface area contributed by atoms with Gasteiger partial charge >= 0.3 is 0 Å². The van der Waals surface area contributed by atoms with E-state index < -0.39 is 0 Å². The van der Waals surface area contributed by atoms with Gasteiger partial charge in [0, 0.05) is 0 Å². The van der Waals surface area contributed by atoms with Crippen molar-refractivity contribution in [3.05, 3.63) is 22.4 Å². The highest BCUT2D eigenvalue weighted by atomic mass is 32.2. The maximum atomic E-state index is 11.5. The minimum absolute atomic E-state index is 0.274. The Hall–Kier alpha value is -0.280. The molecule has 0 radical (unpaired) electrons. The molecule has 1 rings (SSSR count). The van der Waals surface area contributed by atoms with Crippen molar-refractivity contribution in [1.82, 2.24) is 0 Å². The highest BCUT2D eigenvalue weighted by Crippen LogP contribution is 2.13. The van der Waals surface area contributed by atoms with Gasteiger partial charge in [0.15, 0.2) is 5.78 Å². The van der Waals surface area contributed by atoms with Crippen molar-refractivity contribution in [2.75, 3.05) is 11.5 Å². The van der Waals surface area contributed by atoms with E-state index in [0.717, 1.165) is 10.6 Å². The highest BCUT2D eigenvalue weighted by molar-refractivity contribution is 7.99. The molecule has 1 aromatic rings. The van der Waals surface area contributed by atoms with Gasteiger partial charge in [-0.3, -0.25) is 4.79 Å². The van der Waals surface area contributed by atoms with E-state index in [0.29, 0.717) is 5.75 Å². The summed E-state index contributed by atoms with van der Waals surface area (Å²) in [6.07, 6.45) is 2.42. The normalized spacial score (nSPS) is 10.2. The monoisotopic (exact) mass is 214 g/mol. The lowest BCUT2D eigenvalue weighted by Gasteiger charge is -1.97. The Bertz CT molecular complexity index is 241. The molecule has 1 aromatic heterocycles. The van der Waals surface area contributed by atoms with Crippen LogP contribution in [0.3, 0.4) is 0 Å². The maximum Gasteiger partial charge on any atom is 0.182 e. The van der Waals surface area contributed by atoms with Gasteiger partial charge in [0.05, 0.1) is 10.6 Å². The number of thiophene rings is 1. The molecular formula is C10H14OS2. The molecule has 0 amide bonds. The number of Topliss-reactive ketones (excluding diaryl/α,β-unsaturated/α-hetero) is 1. The summed E-state index contributed by atoms with van der Waals surface area (Å²) < 4.78 is 0. The van der Waals surface area contributed by atoms with Gasteiger partial charge in [-0.05, 0) is 23.6 Å². The molecule has 1 nitrogen and oxygen atoms in total. The van der Waals surface area contributed by atoms with Crippen molar-refractivity contribution >= 4 is 28.9 Å². The third-order valence-corrected chi connectivity index (χ3v) is 3.63. The highest BCUT2D eigenvalue weighted by Gasteiger charge is 2.05. The molecule has 0 aliphatic rings. The number of carbonyl (C=O) groups is 1. The van der Waals surface area contributed by atoms with Crippen molar-refractivity contribution in [1.29, 1.82) is 0 Å². The first-order valence-corrected chi connectivity index (χ1v) is 6.52. The van der Waals surface area contributed by atoms with Crippen molar-refractivity contribution in [3.63, 3.8) is 0 Å². The van der Waals surface area contributed by atoms with Gasteiger partial charge in [-0.2, -0.15) is 11.8 Å². The van der Waals surface area contributed by atoms with Crippen molar-refractivity contribution < 1.29 is 4.79 Å². The Balaban J connectivity index is 2.19. The zero-order valence-electron chi connectivity index (χ0n) is 7.79. The molecular weight excluding hydrogens is 200 g/mol. The van der Waals surface area contributed by atoms with Gasteiger partial charge in [-0.1, -0.05) is 19.4 Å².